The van der Waals surface area contributed by atoms with Crippen LogP contribution in [0.5, 0.6) is 0 Å². The fourth-order valence-corrected chi connectivity index (χ4v) is 5.86. The summed E-state index contributed by atoms with van der Waals surface area (Å²) in [6.45, 7) is 1.68. The second kappa shape index (κ2) is 8.11. The molecule has 0 saturated carbocycles. The maximum atomic E-state index is 13.5. The van der Waals surface area contributed by atoms with Gasteiger partial charge in [0.05, 0.1) is 16.4 Å². The molecular weight excluding hydrogens is 419 g/mol. The van der Waals surface area contributed by atoms with Crippen LogP contribution in [0.25, 0.3) is 0 Å². The molecule has 0 aromatic heterocycles. The first-order valence-corrected chi connectivity index (χ1v) is 12.2. The number of aryl methyl sites for hydroxylation is 1. The highest BCUT2D eigenvalue weighted by atomic mass is 32.2. The van der Waals surface area contributed by atoms with Gasteiger partial charge in [0.1, 0.15) is 5.82 Å². The zero-order valence-electron chi connectivity index (χ0n) is 15.7. The second-order valence-electron chi connectivity index (χ2n) is 7.04. The van der Waals surface area contributed by atoms with Crippen molar-refractivity contribution in [1.29, 1.82) is 0 Å². The lowest BCUT2D eigenvalue weighted by Gasteiger charge is -2.28. The highest BCUT2D eigenvalue weighted by Gasteiger charge is 2.36. The molecule has 1 N–H and O–H groups in total. The average Bonchev–Trinajstić information content (AvgIpc) is 2.99. The summed E-state index contributed by atoms with van der Waals surface area (Å²) >= 11 is 0. The lowest BCUT2D eigenvalue weighted by Crippen LogP contribution is -2.48. The van der Waals surface area contributed by atoms with Gasteiger partial charge in [-0.1, -0.05) is 29.8 Å². The molecule has 0 aliphatic carbocycles. The molecule has 1 heterocycles. The normalized spacial score (nSPS) is 18.3. The zero-order chi connectivity index (χ0) is 21.2. The summed E-state index contributed by atoms with van der Waals surface area (Å²) in [6, 6.07) is 9.84. The Balaban J connectivity index is 1.86. The summed E-state index contributed by atoms with van der Waals surface area (Å²) in [4.78, 5) is 13.9. The highest BCUT2D eigenvalue weighted by Crippen LogP contribution is 2.21. The fourth-order valence-electron chi connectivity index (χ4n) is 3.17. The number of carbonyl (C=O) groups is 1. The molecule has 2 amide bonds. The van der Waals surface area contributed by atoms with Crippen LogP contribution >= 0.6 is 0 Å². The molecule has 1 fully saturated rings. The van der Waals surface area contributed by atoms with E-state index in [0.29, 0.717) is 5.56 Å². The summed E-state index contributed by atoms with van der Waals surface area (Å²) in [6.07, 6.45) is 0.190. The van der Waals surface area contributed by atoms with E-state index in [1.165, 1.54) is 30.3 Å². The Morgan fingerprint density at radius 3 is 2.48 bits per heavy atom. The van der Waals surface area contributed by atoms with Gasteiger partial charge in [-0.3, -0.25) is 0 Å². The van der Waals surface area contributed by atoms with Gasteiger partial charge in [0.15, 0.2) is 9.84 Å². The number of benzene rings is 2. The first kappa shape index (κ1) is 21.3. The van der Waals surface area contributed by atoms with Gasteiger partial charge in [-0.2, -0.15) is 0 Å². The quantitative estimate of drug-likeness (QED) is 0.768. The molecule has 0 radical (unpaired) electrons. The third kappa shape index (κ3) is 5.33. The van der Waals surface area contributed by atoms with Crippen molar-refractivity contribution >= 4 is 25.9 Å². The predicted octanol–water partition coefficient (Wildman–Crippen LogP) is 2.22. The van der Waals surface area contributed by atoms with Crippen LogP contribution in [-0.2, 0) is 26.4 Å². The Hall–Kier alpha value is -2.46. The van der Waals surface area contributed by atoms with Gasteiger partial charge in [0.25, 0.3) is 10.0 Å². The van der Waals surface area contributed by atoms with Crippen molar-refractivity contribution in [3.05, 3.63) is 65.5 Å². The van der Waals surface area contributed by atoms with Crippen molar-refractivity contribution in [1.82, 2.24) is 9.62 Å². The minimum atomic E-state index is -4.14. The van der Waals surface area contributed by atoms with Crippen LogP contribution in [0.4, 0.5) is 9.18 Å². The Bertz CT molecular complexity index is 1120. The number of hydrogen-bond acceptors (Lipinski definition) is 5. The maximum absolute atomic E-state index is 13.5. The molecule has 29 heavy (non-hydrogen) atoms. The number of amides is 2. The first-order chi connectivity index (χ1) is 13.6. The number of sulfonamides is 1. The topological polar surface area (TPSA) is 101 Å². The van der Waals surface area contributed by atoms with Gasteiger partial charge in [-0.05, 0) is 43.2 Å². The van der Waals surface area contributed by atoms with Gasteiger partial charge < -0.3 is 4.90 Å². The van der Waals surface area contributed by atoms with Gasteiger partial charge in [-0.15, -0.1) is 0 Å². The lowest BCUT2D eigenvalue weighted by molar-refractivity contribution is 0.182. The average molecular weight is 441 g/mol. The van der Waals surface area contributed by atoms with E-state index in [4.69, 9.17) is 0 Å². The molecule has 1 atom stereocenters. The lowest BCUT2D eigenvalue weighted by atomic mass is 10.1. The van der Waals surface area contributed by atoms with Gasteiger partial charge >= 0.3 is 6.03 Å². The van der Waals surface area contributed by atoms with Crippen LogP contribution in [0.1, 0.15) is 17.5 Å². The monoisotopic (exact) mass is 440 g/mol. The van der Waals surface area contributed by atoms with Crippen LogP contribution in [0.15, 0.2) is 53.4 Å². The Labute approximate surface area is 169 Å². The van der Waals surface area contributed by atoms with Gasteiger partial charge in [0.2, 0.25) is 0 Å². The number of hydrogen-bond donors (Lipinski definition) is 1. The molecule has 10 heteroatoms. The molecule has 7 nitrogen and oxygen atoms in total. The van der Waals surface area contributed by atoms with Gasteiger partial charge in [-0.25, -0.2) is 30.7 Å². The minimum absolute atomic E-state index is 0.0822. The highest BCUT2D eigenvalue weighted by molar-refractivity contribution is 7.91. The van der Waals surface area contributed by atoms with E-state index in [9.17, 15) is 26.0 Å². The number of halogens is 1. The van der Waals surface area contributed by atoms with E-state index in [2.05, 4.69) is 0 Å². The molecule has 2 aromatic rings. The largest absolute Gasteiger partial charge is 0.331 e. The van der Waals surface area contributed by atoms with Gasteiger partial charge in [0, 0.05) is 12.6 Å². The third-order valence-corrected chi connectivity index (χ3v) is 7.79. The number of sulfone groups is 1. The predicted molar refractivity (Wildman–Crippen MR) is 106 cm³/mol. The third-order valence-electron chi connectivity index (χ3n) is 4.70. The standard InChI is InChI=1S/C19H21FN2O5S2/c1-14-5-7-18(8-6-14)29(26,27)21-19(23)22(17-9-10-28(24,25)13-17)12-15-3-2-4-16(20)11-15/h2-8,11,17H,9-10,12-13H2,1H3,(H,21,23). The van der Waals surface area contributed by atoms with E-state index in [-0.39, 0.29) is 29.4 Å². The van der Waals surface area contributed by atoms with E-state index in [1.54, 1.807) is 25.1 Å². The summed E-state index contributed by atoms with van der Waals surface area (Å²) in [7, 11) is -7.47. The number of nitrogens with one attached hydrogen (secondary N) is 1. The van der Waals surface area contributed by atoms with Crippen molar-refractivity contribution in [2.24, 2.45) is 0 Å². The van der Waals surface area contributed by atoms with Crippen molar-refractivity contribution in [3.63, 3.8) is 0 Å². The van der Waals surface area contributed by atoms with Crippen molar-refractivity contribution < 1.29 is 26.0 Å². The smallest absolute Gasteiger partial charge is 0.316 e. The van der Waals surface area contributed by atoms with Crippen LogP contribution in [0, 0.1) is 12.7 Å². The number of nitrogens with zero attached hydrogens (tertiary/aromatic N) is 1. The second-order valence-corrected chi connectivity index (χ2v) is 10.9. The molecule has 1 unspecified atom stereocenters. The Kier molecular flexibility index (Phi) is 5.95. The Morgan fingerprint density at radius 2 is 1.90 bits per heavy atom. The number of urea groups is 1. The maximum Gasteiger partial charge on any atom is 0.331 e. The fraction of sp³-hybridized carbons (Fsp3) is 0.316. The summed E-state index contributed by atoms with van der Waals surface area (Å²) in [5.74, 6) is -0.857. The van der Waals surface area contributed by atoms with Crippen molar-refractivity contribution in [2.45, 2.75) is 30.8 Å². The first-order valence-electron chi connectivity index (χ1n) is 8.91. The molecule has 3 rings (SSSR count). The summed E-state index contributed by atoms with van der Waals surface area (Å²) in [5.41, 5.74) is 1.29. The van der Waals surface area contributed by atoms with Crippen LogP contribution in [0.3, 0.4) is 0 Å². The van der Waals surface area contributed by atoms with Crippen LogP contribution in [-0.4, -0.2) is 45.3 Å². The van der Waals surface area contributed by atoms with Crippen LogP contribution < -0.4 is 4.72 Å². The van der Waals surface area contributed by atoms with E-state index >= 15 is 0 Å². The van der Waals surface area contributed by atoms with Crippen LogP contribution in [0.2, 0.25) is 0 Å². The molecule has 0 spiro atoms. The molecule has 1 saturated heterocycles. The molecule has 2 aromatic carbocycles. The summed E-state index contributed by atoms with van der Waals surface area (Å²) in [5, 5.41) is 0. The van der Waals surface area contributed by atoms with Crippen molar-refractivity contribution in [2.75, 3.05) is 11.5 Å². The zero-order valence-corrected chi connectivity index (χ0v) is 17.3. The van der Waals surface area contributed by atoms with E-state index < -0.39 is 37.8 Å². The van der Waals surface area contributed by atoms with E-state index in [1.807, 2.05) is 4.72 Å². The minimum Gasteiger partial charge on any atom is -0.316 e. The number of carbonyl (C=O) groups excluding carboxylic acids is 1. The molecule has 1 aliphatic heterocycles. The number of rotatable bonds is 5. The molecule has 156 valence electrons. The molecule has 1 aliphatic rings. The molecular formula is C19H21FN2O5S2. The summed E-state index contributed by atoms with van der Waals surface area (Å²) < 4.78 is 64.4. The Morgan fingerprint density at radius 1 is 1.21 bits per heavy atom. The van der Waals surface area contributed by atoms with Crippen molar-refractivity contribution in [3.8, 4) is 0 Å². The SMILES string of the molecule is Cc1ccc(S(=O)(=O)NC(=O)N(Cc2cccc(F)c2)C2CCS(=O)(=O)C2)cc1. The van der Waals surface area contributed by atoms with E-state index in [0.717, 1.165) is 10.5 Å². The molecule has 0 bridgehead atoms.